The number of benzene rings is 1. The molecule has 2 nitrogen and oxygen atoms in total. The fourth-order valence-electron chi connectivity index (χ4n) is 1.40. The van der Waals surface area contributed by atoms with Crippen molar-refractivity contribution >= 4 is 11.6 Å². The van der Waals surface area contributed by atoms with Gasteiger partial charge < -0.3 is 4.57 Å². The molecule has 0 aliphatic carbocycles. The van der Waals surface area contributed by atoms with Gasteiger partial charge in [-0.05, 0) is 12.5 Å². The first-order valence-electron chi connectivity index (χ1n) is 4.47. The van der Waals surface area contributed by atoms with Crippen molar-refractivity contribution in [3.8, 4) is 0 Å². The first-order valence-corrected chi connectivity index (χ1v) is 4.91. The van der Waals surface area contributed by atoms with Crippen LogP contribution in [0.4, 0.5) is 0 Å². The number of halogens is 1. The number of hydrogen-bond acceptors (Lipinski definition) is 1. The molecule has 1 aromatic carbocycles. The van der Waals surface area contributed by atoms with Gasteiger partial charge in [0.05, 0.1) is 0 Å². The van der Waals surface area contributed by atoms with Crippen molar-refractivity contribution in [2.75, 3.05) is 0 Å². The zero-order valence-electron chi connectivity index (χ0n) is 7.89. The van der Waals surface area contributed by atoms with E-state index in [0.29, 0.717) is 0 Å². The SMILES string of the molecule is Cc1nccn1C(Cl)c1ccccc1. The highest BCUT2D eigenvalue weighted by Crippen LogP contribution is 2.23. The number of alkyl halides is 1. The highest BCUT2D eigenvalue weighted by Gasteiger charge is 2.10. The van der Waals surface area contributed by atoms with Crippen molar-refractivity contribution < 1.29 is 0 Å². The van der Waals surface area contributed by atoms with Gasteiger partial charge in [-0.2, -0.15) is 0 Å². The van der Waals surface area contributed by atoms with Gasteiger partial charge in [0.2, 0.25) is 0 Å². The summed E-state index contributed by atoms with van der Waals surface area (Å²) in [5, 5.41) is 0. The van der Waals surface area contributed by atoms with Gasteiger partial charge in [0, 0.05) is 12.4 Å². The summed E-state index contributed by atoms with van der Waals surface area (Å²) in [5.74, 6) is 0.925. The van der Waals surface area contributed by atoms with Crippen LogP contribution in [0.2, 0.25) is 0 Å². The normalized spacial score (nSPS) is 12.7. The van der Waals surface area contributed by atoms with E-state index >= 15 is 0 Å². The lowest BCUT2D eigenvalue weighted by molar-refractivity contribution is 0.733. The number of rotatable bonds is 2. The van der Waals surface area contributed by atoms with Gasteiger partial charge >= 0.3 is 0 Å². The van der Waals surface area contributed by atoms with E-state index in [2.05, 4.69) is 4.98 Å². The second kappa shape index (κ2) is 3.84. The Bertz CT molecular complexity index is 408. The van der Waals surface area contributed by atoms with E-state index in [9.17, 15) is 0 Å². The number of hydrogen-bond donors (Lipinski definition) is 0. The largest absolute Gasteiger partial charge is 0.314 e. The molecule has 0 N–H and O–H groups in total. The molecule has 0 fully saturated rings. The fourth-order valence-corrected chi connectivity index (χ4v) is 1.75. The topological polar surface area (TPSA) is 17.8 Å². The Morgan fingerprint density at radius 2 is 2.00 bits per heavy atom. The molecule has 0 bridgehead atoms. The first kappa shape index (κ1) is 9.28. The highest BCUT2D eigenvalue weighted by molar-refractivity contribution is 6.20. The van der Waals surface area contributed by atoms with Crippen molar-refractivity contribution in [3.05, 3.63) is 54.1 Å². The fraction of sp³-hybridized carbons (Fsp3) is 0.182. The van der Waals surface area contributed by atoms with Crippen LogP contribution in [0.15, 0.2) is 42.7 Å². The minimum atomic E-state index is -0.168. The van der Waals surface area contributed by atoms with E-state index in [1.54, 1.807) is 6.20 Å². The van der Waals surface area contributed by atoms with Gasteiger partial charge in [0.1, 0.15) is 11.3 Å². The smallest absolute Gasteiger partial charge is 0.134 e. The second-order valence-electron chi connectivity index (χ2n) is 3.13. The van der Waals surface area contributed by atoms with E-state index in [4.69, 9.17) is 11.6 Å². The Balaban J connectivity index is 2.34. The predicted molar refractivity (Wildman–Crippen MR) is 57.4 cm³/mol. The molecular formula is C11H11ClN2. The van der Waals surface area contributed by atoms with E-state index < -0.39 is 0 Å². The molecule has 14 heavy (non-hydrogen) atoms. The Labute approximate surface area is 88.2 Å². The molecule has 0 amide bonds. The molecule has 1 heterocycles. The van der Waals surface area contributed by atoms with Gasteiger partial charge in [0.25, 0.3) is 0 Å². The van der Waals surface area contributed by atoms with E-state index in [-0.39, 0.29) is 5.50 Å². The molecule has 0 saturated carbocycles. The average Bonchev–Trinajstić information content (AvgIpc) is 2.65. The predicted octanol–water partition coefficient (Wildman–Crippen LogP) is 2.98. The summed E-state index contributed by atoms with van der Waals surface area (Å²) >= 11 is 6.30. The minimum absolute atomic E-state index is 0.168. The lowest BCUT2D eigenvalue weighted by atomic mass is 10.2. The molecule has 3 heteroatoms. The van der Waals surface area contributed by atoms with Crippen molar-refractivity contribution in [1.29, 1.82) is 0 Å². The van der Waals surface area contributed by atoms with Crippen molar-refractivity contribution in [2.45, 2.75) is 12.4 Å². The van der Waals surface area contributed by atoms with Gasteiger partial charge in [0.15, 0.2) is 0 Å². The summed E-state index contributed by atoms with van der Waals surface area (Å²) in [6.07, 6.45) is 3.65. The second-order valence-corrected chi connectivity index (χ2v) is 3.54. The Kier molecular flexibility index (Phi) is 2.55. The van der Waals surface area contributed by atoms with Crippen LogP contribution >= 0.6 is 11.6 Å². The molecule has 0 radical (unpaired) electrons. The van der Waals surface area contributed by atoms with Crippen LogP contribution in [0.1, 0.15) is 16.9 Å². The summed E-state index contributed by atoms with van der Waals surface area (Å²) in [6.45, 7) is 1.94. The maximum atomic E-state index is 6.30. The first-order chi connectivity index (χ1) is 6.79. The summed E-state index contributed by atoms with van der Waals surface area (Å²) in [5.41, 5.74) is 0.911. The maximum Gasteiger partial charge on any atom is 0.134 e. The highest BCUT2D eigenvalue weighted by atomic mass is 35.5. The van der Waals surface area contributed by atoms with Gasteiger partial charge in [-0.1, -0.05) is 41.9 Å². The van der Waals surface area contributed by atoms with Crippen LogP contribution in [-0.2, 0) is 0 Å². The summed E-state index contributed by atoms with van der Waals surface area (Å²) < 4.78 is 1.94. The van der Waals surface area contributed by atoms with Crippen molar-refractivity contribution in [3.63, 3.8) is 0 Å². The van der Waals surface area contributed by atoms with Crippen molar-refractivity contribution in [2.24, 2.45) is 0 Å². The van der Waals surface area contributed by atoms with E-state index in [1.807, 2.05) is 48.0 Å². The number of nitrogens with zero attached hydrogens (tertiary/aromatic N) is 2. The number of aromatic nitrogens is 2. The van der Waals surface area contributed by atoms with Crippen LogP contribution in [-0.4, -0.2) is 9.55 Å². The quantitative estimate of drug-likeness (QED) is 0.691. The Hall–Kier alpha value is -1.28. The zero-order valence-corrected chi connectivity index (χ0v) is 8.65. The Morgan fingerprint density at radius 3 is 2.57 bits per heavy atom. The average molecular weight is 207 g/mol. The Morgan fingerprint density at radius 1 is 1.29 bits per heavy atom. The molecule has 1 unspecified atom stereocenters. The van der Waals surface area contributed by atoms with E-state index in [1.165, 1.54) is 0 Å². The molecule has 0 saturated heterocycles. The molecule has 1 aromatic heterocycles. The number of aryl methyl sites for hydroxylation is 1. The molecule has 1 atom stereocenters. The molecular weight excluding hydrogens is 196 g/mol. The van der Waals surface area contributed by atoms with Crippen LogP contribution in [0.25, 0.3) is 0 Å². The van der Waals surface area contributed by atoms with Crippen LogP contribution < -0.4 is 0 Å². The van der Waals surface area contributed by atoms with Crippen LogP contribution in [0, 0.1) is 6.92 Å². The van der Waals surface area contributed by atoms with Crippen LogP contribution in [0.3, 0.4) is 0 Å². The molecule has 72 valence electrons. The minimum Gasteiger partial charge on any atom is -0.314 e. The summed E-state index contributed by atoms with van der Waals surface area (Å²) in [6, 6.07) is 9.97. The maximum absolute atomic E-state index is 6.30. The summed E-state index contributed by atoms with van der Waals surface area (Å²) in [7, 11) is 0. The number of imidazole rings is 1. The third kappa shape index (κ3) is 1.66. The molecule has 0 aliphatic rings. The standard InChI is InChI=1S/C11H11ClN2/c1-9-13-7-8-14(9)11(12)10-5-3-2-4-6-10/h2-8,11H,1H3. The monoisotopic (exact) mass is 206 g/mol. The molecule has 0 spiro atoms. The third-order valence-electron chi connectivity index (χ3n) is 2.18. The van der Waals surface area contributed by atoms with Crippen molar-refractivity contribution in [1.82, 2.24) is 9.55 Å². The lowest BCUT2D eigenvalue weighted by Gasteiger charge is -2.12. The van der Waals surface area contributed by atoms with Gasteiger partial charge in [-0.15, -0.1) is 0 Å². The third-order valence-corrected chi connectivity index (χ3v) is 2.64. The van der Waals surface area contributed by atoms with Gasteiger partial charge in [-0.3, -0.25) is 0 Å². The zero-order chi connectivity index (χ0) is 9.97. The van der Waals surface area contributed by atoms with Crippen LogP contribution in [0.5, 0.6) is 0 Å². The lowest BCUT2D eigenvalue weighted by Crippen LogP contribution is -2.04. The summed E-state index contributed by atoms with van der Waals surface area (Å²) in [4.78, 5) is 4.14. The molecule has 0 aliphatic heterocycles. The molecule has 2 aromatic rings. The van der Waals surface area contributed by atoms with E-state index in [0.717, 1.165) is 11.4 Å². The van der Waals surface area contributed by atoms with Gasteiger partial charge in [-0.25, -0.2) is 4.98 Å². The molecule has 2 rings (SSSR count).